The Labute approximate surface area is 134 Å². The lowest BCUT2D eigenvalue weighted by Crippen LogP contribution is -2.16. The van der Waals surface area contributed by atoms with E-state index in [-0.39, 0.29) is 27.6 Å². The predicted molar refractivity (Wildman–Crippen MR) is 85.4 cm³/mol. The second kappa shape index (κ2) is 5.59. The highest BCUT2D eigenvalue weighted by molar-refractivity contribution is 6.55. The van der Waals surface area contributed by atoms with Crippen LogP contribution in [0.15, 0.2) is 28.8 Å². The second-order valence-electron chi connectivity index (χ2n) is 5.73. The molecule has 2 rings (SSSR count). The van der Waals surface area contributed by atoms with Gasteiger partial charge in [0.1, 0.15) is 4.49 Å². The number of benzene rings is 1. The van der Waals surface area contributed by atoms with Crippen molar-refractivity contribution < 1.29 is 4.79 Å². The van der Waals surface area contributed by atoms with E-state index in [0.29, 0.717) is 10.7 Å². The van der Waals surface area contributed by atoms with Gasteiger partial charge in [0.2, 0.25) is 5.91 Å². The van der Waals surface area contributed by atoms with Gasteiger partial charge in [0.15, 0.2) is 0 Å². The van der Waals surface area contributed by atoms with Crippen molar-refractivity contribution in [3.8, 4) is 0 Å². The summed E-state index contributed by atoms with van der Waals surface area (Å²) in [4.78, 5) is 12.3. The van der Waals surface area contributed by atoms with E-state index in [0.717, 1.165) is 5.56 Å². The van der Waals surface area contributed by atoms with Gasteiger partial charge in [0.05, 0.1) is 5.92 Å². The van der Waals surface area contributed by atoms with Gasteiger partial charge in [-0.25, -0.2) is 0 Å². The molecule has 0 heterocycles. The molecule has 0 aliphatic heterocycles. The maximum absolute atomic E-state index is 12.3. The Morgan fingerprint density at radius 1 is 1.35 bits per heavy atom. The summed E-state index contributed by atoms with van der Waals surface area (Å²) in [7, 11) is 0. The highest BCUT2D eigenvalue weighted by Gasteiger charge is 2.60. The van der Waals surface area contributed by atoms with Crippen LogP contribution in [-0.2, 0) is 4.79 Å². The minimum Gasteiger partial charge on any atom is -0.326 e. The van der Waals surface area contributed by atoms with Crippen molar-refractivity contribution in [1.29, 1.82) is 0 Å². The molecule has 2 nitrogen and oxygen atoms in total. The highest BCUT2D eigenvalue weighted by atomic mass is 35.5. The summed E-state index contributed by atoms with van der Waals surface area (Å²) in [6, 6.07) is 5.47. The predicted octanol–water partition coefficient (Wildman–Crippen LogP) is 5.18. The van der Waals surface area contributed by atoms with Crippen LogP contribution >= 0.6 is 34.8 Å². The zero-order valence-electron chi connectivity index (χ0n) is 11.5. The summed E-state index contributed by atoms with van der Waals surface area (Å²) in [5, 5.41) is 3.53. The lowest BCUT2D eigenvalue weighted by molar-refractivity contribution is -0.118. The van der Waals surface area contributed by atoms with Crippen LogP contribution in [0, 0.1) is 24.2 Å². The Bertz CT molecular complexity index is 576. The lowest BCUT2D eigenvalue weighted by Gasteiger charge is -2.07. The van der Waals surface area contributed by atoms with Gasteiger partial charge in [0.25, 0.3) is 0 Å². The Kier molecular flexibility index (Phi) is 4.38. The third kappa shape index (κ3) is 3.13. The monoisotopic (exact) mass is 331 g/mol. The fraction of sp³-hybridized carbons (Fsp3) is 0.400. The van der Waals surface area contributed by atoms with Crippen molar-refractivity contribution in [2.75, 3.05) is 5.32 Å². The van der Waals surface area contributed by atoms with E-state index in [9.17, 15) is 4.79 Å². The molecule has 0 spiro atoms. The van der Waals surface area contributed by atoms with Crippen molar-refractivity contribution in [2.45, 2.75) is 20.8 Å². The number of halogens is 3. The summed E-state index contributed by atoms with van der Waals surface area (Å²) in [6.07, 6.45) is 1.73. The molecule has 2 atom stereocenters. The molecule has 0 radical (unpaired) electrons. The largest absolute Gasteiger partial charge is 0.326 e. The van der Waals surface area contributed by atoms with E-state index >= 15 is 0 Å². The van der Waals surface area contributed by atoms with Gasteiger partial charge in [-0.1, -0.05) is 54.7 Å². The summed E-state index contributed by atoms with van der Waals surface area (Å²) in [5.41, 5.74) is 1.55. The van der Waals surface area contributed by atoms with Gasteiger partial charge in [-0.15, -0.1) is 0 Å². The van der Waals surface area contributed by atoms with Crippen LogP contribution in [0.1, 0.15) is 19.4 Å². The molecule has 1 N–H and O–H groups in total. The zero-order valence-corrected chi connectivity index (χ0v) is 13.8. The van der Waals surface area contributed by atoms with Crippen LogP contribution in [-0.4, -0.2) is 5.91 Å². The Morgan fingerprint density at radius 2 is 2.00 bits per heavy atom. The molecule has 1 saturated carbocycles. The van der Waals surface area contributed by atoms with E-state index in [2.05, 4.69) is 5.32 Å². The third-order valence-electron chi connectivity index (χ3n) is 3.94. The normalized spacial score (nSPS) is 23.1. The smallest absolute Gasteiger partial charge is 0.228 e. The Hall–Kier alpha value is -0.700. The molecule has 0 saturated heterocycles. The van der Waals surface area contributed by atoms with Crippen molar-refractivity contribution in [2.24, 2.45) is 17.3 Å². The number of rotatable bonds is 3. The first-order valence-corrected chi connectivity index (χ1v) is 7.46. The average Bonchev–Trinajstić information content (AvgIpc) is 2.84. The number of nitrogens with one attached hydrogen (secondary N) is 1. The molecule has 0 bridgehead atoms. The van der Waals surface area contributed by atoms with Crippen LogP contribution < -0.4 is 5.32 Å². The lowest BCUT2D eigenvalue weighted by atomic mass is 10.1. The van der Waals surface area contributed by atoms with Crippen LogP contribution in [0.5, 0.6) is 0 Å². The van der Waals surface area contributed by atoms with Gasteiger partial charge < -0.3 is 5.32 Å². The number of carbonyl (C=O) groups excluding carboxylic acids is 1. The van der Waals surface area contributed by atoms with E-state index in [1.807, 2.05) is 32.9 Å². The summed E-state index contributed by atoms with van der Waals surface area (Å²) >= 11 is 17.4. The maximum Gasteiger partial charge on any atom is 0.228 e. The first-order chi connectivity index (χ1) is 9.23. The number of aryl methyl sites for hydroxylation is 1. The zero-order chi connectivity index (χ0) is 15.1. The third-order valence-corrected chi connectivity index (χ3v) is 4.60. The molecule has 1 aromatic carbocycles. The molecule has 1 fully saturated rings. The van der Waals surface area contributed by atoms with E-state index in [1.165, 1.54) is 0 Å². The molecular formula is C15H16Cl3NO. The second-order valence-corrected chi connectivity index (χ2v) is 7.15. The van der Waals surface area contributed by atoms with Gasteiger partial charge >= 0.3 is 0 Å². The first-order valence-electron chi connectivity index (χ1n) is 6.33. The molecule has 1 aliphatic carbocycles. The van der Waals surface area contributed by atoms with Crippen molar-refractivity contribution in [1.82, 2.24) is 0 Å². The minimum absolute atomic E-state index is 0.0363. The summed E-state index contributed by atoms with van der Waals surface area (Å²) < 4.78 is 0.205. The first kappa shape index (κ1) is 15.7. The van der Waals surface area contributed by atoms with Crippen LogP contribution in [0.3, 0.4) is 0 Å². The van der Waals surface area contributed by atoms with Crippen LogP contribution in [0.4, 0.5) is 5.69 Å². The summed E-state index contributed by atoms with van der Waals surface area (Å²) in [5.74, 6) is -0.103. The number of allylic oxidation sites excluding steroid dienone is 1. The number of hydrogen-bond donors (Lipinski definition) is 1. The van der Waals surface area contributed by atoms with Crippen molar-refractivity contribution in [3.05, 3.63) is 39.4 Å². The van der Waals surface area contributed by atoms with E-state index < -0.39 is 0 Å². The summed E-state index contributed by atoms with van der Waals surface area (Å²) in [6.45, 7) is 5.97. The molecule has 1 amide bonds. The fourth-order valence-corrected chi connectivity index (χ4v) is 2.97. The van der Waals surface area contributed by atoms with Gasteiger partial charge in [-0.05, 0) is 42.0 Å². The SMILES string of the molecule is Cc1ccc(NC(=O)C2C(C=C(Cl)Cl)C2(C)C)cc1Cl. The number of anilines is 1. The minimum atomic E-state index is -0.131. The Morgan fingerprint density at radius 3 is 2.55 bits per heavy atom. The van der Waals surface area contributed by atoms with E-state index in [1.54, 1.807) is 12.1 Å². The standard InChI is InChI=1S/C15H16Cl3NO/c1-8-4-5-9(6-11(8)16)19-14(20)13-10(7-12(17)18)15(13,2)3/h4-7,10,13H,1-3H3,(H,19,20). The molecule has 1 aromatic rings. The van der Waals surface area contributed by atoms with Crippen molar-refractivity contribution >= 4 is 46.4 Å². The van der Waals surface area contributed by atoms with Crippen LogP contribution in [0.2, 0.25) is 5.02 Å². The average molecular weight is 333 g/mol. The quantitative estimate of drug-likeness (QED) is 0.812. The fourth-order valence-electron chi connectivity index (χ4n) is 2.52. The Balaban J connectivity index is 2.10. The molecule has 0 aromatic heterocycles. The molecule has 1 aliphatic rings. The maximum atomic E-state index is 12.3. The molecular weight excluding hydrogens is 317 g/mol. The van der Waals surface area contributed by atoms with Gasteiger partial charge in [-0.3, -0.25) is 4.79 Å². The number of hydrogen-bond acceptors (Lipinski definition) is 1. The van der Waals surface area contributed by atoms with Crippen LogP contribution in [0.25, 0.3) is 0 Å². The number of amides is 1. The molecule has 108 valence electrons. The van der Waals surface area contributed by atoms with Gasteiger partial charge in [-0.2, -0.15) is 0 Å². The molecule has 20 heavy (non-hydrogen) atoms. The van der Waals surface area contributed by atoms with E-state index in [4.69, 9.17) is 34.8 Å². The molecule has 5 heteroatoms. The van der Waals surface area contributed by atoms with Crippen molar-refractivity contribution in [3.63, 3.8) is 0 Å². The number of carbonyl (C=O) groups is 1. The topological polar surface area (TPSA) is 29.1 Å². The molecule has 2 unspecified atom stereocenters. The highest BCUT2D eigenvalue weighted by Crippen LogP contribution is 2.60. The van der Waals surface area contributed by atoms with Gasteiger partial charge in [0, 0.05) is 10.7 Å².